The summed E-state index contributed by atoms with van der Waals surface area (Å²) in [4.78, 5) is 19.9. The van der Waals surface area contributed by atoms with Crippen LogP contribution in [0.2, 0.25) is 0 Å². The number of carbonyl (C=O) groups is 1. The highest BCUT2D eigenvalue weighted by Crippen LogP contribution is 2.35. The van der Waals surface area contributed by atoms with Crippen molar-refractivity contribution in [2.24, 2.45) is 0 Å². The molecule has 4 rings (SSSR count). The second-order valence-electron chi connectivity index (χ2n) is 7.37. The Morgan fingerprint density at radius 1 is 1.22 bits per heavy atom. The van der Waals surface area contributed by atoms with Crippen LogP contribution in [-0.4, -0.2) is 28.9 Å². The van der Waals surface area contributed by atoms with Gasteiger partial charge in [0.25, 0.3) is 0 Å². The molecule has 1 fully saturated rings. The molecule has 0 spiro atoms. The number of carbonyl (C=O) groups excluding carboxylic acids is 1. The largest absolute Gasteiger partial charge is 0.325 e. The number of thiazole rings is 1. The van der Waals surface area contributed by atoms with Gasteiger partial charge in [-0.3, -0.25) is 9.69 Å². The van der Waals surface area contributed by atoms with Crippen LogP contribution in [0.25, 0.3) is 10.2 Å². The number of fused-ring (bicyclic) bond motifs is 1. The van der Waals surface area contributed by atoms with Crippen LogP contribution in [0.1, 0.15) is 41.4 Å². The Morgan fingerprint density at radius 3 is 2.93 bits per heavy atom. The highest BCUT2D eigenvalue weighted by molar-refractivity contribution is 7.18. The van der Waals surface area contributed by atoms with E-state index in [4.69, 9.17) is 4.98 Å². The average molecular weight is 380 g/mol. The lowest BCUT2D eigenvalue weighted by molar-refractivity contribution is -0.118. The minimum Gasteiger partial charge on any atom is -0.325 e. The zero-order chi connectivity index (χ0) is 18.8. The number of aryl methyl sites for hydroxylation is 2. The van der Waals surface area contributed by atoms with Crippen molar-refractivity contribution >= 4 is 33.1 Å². The van der Waals surface area contributed by atoms with Crippen LogP contribution in [0, 0.1) is 13.8 Å². The third-order valence-corrected chi connectivity index (χ3v) is 6.36. The van der Waals surface area contributed by atoms with Gasteiger partial charge in [0.2, 0.25) is 5.91 Å². The van der Waals surface area contributed by atoms with Crippen LogP contribution in [0.3, 0.4) is 0 Å². The normalized spacial score (nSPS) is 17.9. The molecule has 0 unspecified atom stereocenters. The fraction of sp³-hybridized carbons (Fsp3) is 0.364. The van der Waals surface area contributed by atoms with Gasteiger partial charge in [0.05, 0.1) is 22.8 Å². The van der Waals surface area contributed by atoms with Crippen LogP contribution in [0.4, 0.5) is 5.69 Å². The molecule has 5 heteroatoms. The van der Waals surface area contributed by atoms with Crippen molar-refractivity contribution in [1.29, 1.82) is 0 Å². The predicted octanol–water partition coefficient (Wildman–Crippen LogP) is 5.08. The van der Waals surface area contributed by atoms with Gasteiger partial charge in [-0.25, -0.2) is 4.98 Å². The van der Waals surface area contributed by atoms with Gasteiger partial charge in [0.15, 0.2) is 0 Å². The molecule has 140 valence electrons. The lowest BCUT2D eigenvalue weighted by Crippen LogP contribution is -2.39. The molecule has 1 amide bonds. The maximum Gasteiger partial charge on any atom is 0.238 e. The topological polar surface area (TPSA) is 45.2 Å². The third-order valence-electron chi connectivity index (χ3n) is 5.22. The number of benzene rings is 2. The van der Waals surface area contributed by atoms with Gasteiger partial charge in [0.1, 0.15) is 5.01 Å². The molecule has 27 heavy (non-hydrogen) atoms. The Bertz CT molecular complexity index is 932. The molecule has 1 aliphatic heterocycles. The Labute approximate surface area is 164 Å². The van der Waals surface area contributed by atoms with E-state index >= 15 is 0 Å². The van der Waals surface area contributed by atoms with E-state index in [1.165, 1.54) is 11.1 Å². The van der Waals surface area contributed by atoms with Crippen LogP contribution < -0.4 is 5.32 Å². The number of nitrogens with one attached hydrogen (secondary N) is 1. The lowest BCUT2D eigenvalue weighted by atomic mass is 10.0. The summed E-state index contributed by atoms with van der Waals surface area (Å²) in [7, 11) is 0. The van der Waals surface area contributed by atoms with Gasteiger partial charge in [-0.1, -0.05) is 30.7 Å². The molecule has 0 radical (unpaired) electrons. The van der Waals surface area contributed by atoms with E-state index in [1.807, 2.05) is 26.0 Å². The summed E-state index contributed by atoms with van der Waals surface area (Å²) in [5.41, 5.74) is 4.22. The minimum absolute atomic E-state index is 0.0525. The predicted molar refractivity (Wildman–Crippen MR) is 112 cm³/mol. The molecular formula is C22H25N3OS. The lowest BCUT2D eigenvalue weighted by Gasteiger charge is -2.33. The van der Waals surface area contributed by atoms with E-state index in [2.05, 4.69) is 40.5 Å². The summed E-state index contributed by atoms with van der Waals surface area (Å²) in [6, 6.07) is 14.7. The number of para-hydroxylation sites is 1. The zero-order valence-corrected chi connectivity index (χ0v) is 16.7. The van der Waals surface area contributed by atoms with Gasteiger partial charge in [-0.05, 0) is 62.6 Å². The van der Waals surface area contributed by atoms with Crippen molar-refractivity contribution in [1.82, 2.24) is 9.88 Å². The third kappa shape index (κ3) is 4.04. The van der Waals surface area contributed by atoms with Crippen LogP contribution in [-0.2, 0) is 4.79 Å². The maximum atomic E-state index is 12.7. The monoisotopic (exact) mass is 379 g/mol. The summed E-state index contributed by atoms with van der Waals surface area (Å²) >= 11 is 1.76. The standard InChI is InChI=1S/C22H25N3OS/c1-15-10-11-16(2)18(13-15)23-21(26)14-25-12-6-5-8-19(25)22-24-17-7-3-4-9-20(17)27-22/h3-4,7,9-11,13,19H,5-6,8,12,14H2,1-2H3,(H,23,26)/t19-/m0/s1. The second kappa shape index (κ2) is 7.79. The Hall–Kier alpha value is -2.24. The SMILES string of the molecule is Cc1ccc(C)c(NC(=O)CN2CCCC[C@H]2c2nc3ccccc3s2)c1. The number of hydrogen-bond donors (Lipinski definition) is 1. The van der Waals surface area contributed by atoms with Crippen molar-refractivity contribution in [3.05, 3.63) is 58.6 Å². The molecule has 0 saturated carbocycles. The number of aromatic nitrogens is 1. The summed E-state index contributed by atoms with van der Waals surface area (Å²) < 4.78 is 1.22. The Kier molecular flexibility index (Phi) is 5.23. The summed E-state index contributed by atoms with van der Waals surface area (Å²) in [5.74, 6) is 0.0525. The van der Waals surface area contributed by atoms with Crippen molar-refractivity contribution in [2.45, 2.75) is 39.2 Å². The van der Waals surface area contributed by atoms with Crippen molar-refractivity contribution in [3.8, 4) is 0 Å². The molecular weight excluding hydrogens is 354 g/mol. The molecule has 0 bridgehead atoms. The molecule has 1 saturated heterocycles. The molecule has 4 nitrogen and oxygen atoms in total. The Balaban J connectivity index is 1.50. The van der Waals surface area contributed by atoms with Crippen molar-refractivity contribution < 1.29 is 4.79 Å². The Morgan fingerprint density at radius 2 is 2.07 bits per heavy atom. The van der Waals surface area contributed by atoms with Crippen LogP contribution in [0.5, 0.6) is 0 Å². The van der Waals surface area contributed by atoms with Gasteiger partial charge in [-0.15, -0.1) is 11.3 Å². The molecule has 2 heterocycles. The van der Waals surface area contributed by atoms with E-state index in [1.54, 1.807) is 11.3 Å². The summed E-state index contributed by atoms with van der Waals surface area (Å²) in [5, 5.41) is 4.23. The fourth-order valence-electron chi connectivity index (χ4n) is 3.74. The number of likely N-dealkylation sites (tertiary alicyclic amines) is 1. The quantitative estimate of drug-likeness (QED) is 0.688. The van der Waals surface area contributed by atoms with Gasteiger partial charge >= 0.3 is 0 Å². The molecule has 2 aromatic carbocycles. The molecule has 0 aliphatic carbocycles. The molecule has 3 aromatic rings. The van der Waals surface area contributed by atoms with Crippen molar-refractivity contribution in [3.63, 3.8) is 0 Å². The first kappa shape index (κ1) is 18.1. The van der Waals surface area contributed by atoms with Crippen molar-refractivity contribution in [2.75, 3.05) is 18.4 Å². The maximum absolute atomic E-state index is 12.7. The van der Waals surface area contributed by atoms with E-state index in [-0.39, 0.29) is 11.9 Å². The molecule has 1 aromatic heterocycles. The smallest absolute Gasteiger partial charge is 0.238 e. The molecule has 1 aliphatic rings. The number of amides is 1. The first-order valence-electron chi connectivity index (χ1n) is 9.57. The van der Waals surface area contributed by atoms with Gasteiger partial charge in [-0.2, -0.15) is 0 Å². The van der Waals surface area contributed by atoms with E-state index in [0.717, 1.165) is 46.7 Å². The van der Waals surface area contributed by atoms with E-state index in [0.29, 0.717) is 6.54 Å². The highest BCUT2D eigenvalue weighted by Gasteiger charge is 2.28. The number of nitrogens with zero attached hydrogens (tertiary/aromatic N) is 2. The fourth-order valence-corrected chi connectivity index (χ4v) is 4.87. The number of piperidine rings is 1. The number of rotatable bonds is 4. The first-order valence-corrected chi connectivity index (χ1v) is 10.4. The number of anilines is 1. The van der Waals surface area contributed by atoms with E-state index < -0.39 is 0 Å². The summed E-state index contributed by atoms with van der Waals surface area (Å²) in [6.07, 6.45) is 3.39. The van der Waals surface area contributed by atoms with Crippen LogP contribution >= 0.6 is 11.3 Å². The first-order chi connectivity index (χ1) is 13.1. The highest BCUT2D eigenvalue weighted by atomic mass is 32.1. The van der Waals surface area contributed by atoms with Crippen LogP contribution in [0.15, 0.2) is 42.5 Å². The average Bonchev–Trinajstić information content (AvgIpc) is 3.09. The molecule has 1 atom stereocenters. The summed E-state index contributed by atoms with van der Waals surface area (Å²) in [6.45, 7) is 5.43. The molecule has 1 N–H and O–H groups in total. The van der Waals surface area contributed by atoms with E-state index in [9.17, 15) is 4.79 Å². The van der Waals surface area contributed by atoms with Gasteiger partial charge < -0.3 is 5.32 Å². The zero-order valence-electron chi connectivity index (χ0n) is 15.9. The minimum atomic E-state index is 0.0525. The van der Waals surface area contributed by atoms with Gasteiger partial charge in [0, 0.05) is 5.69 Å². The second-order valence-corrected chi connectivity index (χ2v) is 8.43. The number of hydrogen-bond acceptors (Lipinski definition) is 4.